The summed E-state index contributed by atoms with van der Waals surface area (Å²) in [5.41, 5.74) is 2.53. The second-order valence-corrected chi connectivity index (χ2v) is 4.50. The molecule has 0 saturated heterocycles. The zero-order chi connectivity index (χ0) is 12.7. The first-order chi connectivity index (χ1) is 8.72. The SMILES string of the molecule is Cn1c(-c2c[nH]c3ccccc23)nc(CO)c1Cl. The maximum atomic E-state index is 9.20. The van der Waals surface area contributed by atoms with Crippen LogP contribution in [-0.2, 0) is 13.7 Å². The molecule has 2 heterocycles. The molecule has 3 rings (SSSR count). The van der Waals surface area contributed by atoms with Gasteiger partial charge in [0.2, 0.25) is 0 Å². The maximum absolute atomic E-state index is 9.20. The summed E-state index contributed by atoms with van der Waals surface area (Å²) in [6, 6.07) is 8.00. The lowest BCUT2D eigenvalue weighted by atomic mass is 10.1. The van der Waals surface area contributed by atoms with Crippen LogP contribution in [0.3, 0.4) is 0 Å². The molecule has 0 amide bonds. The lowest BCUT2D eigenvalue weighted by Gasteiger charge is -2.00. The fourth-order valence-electron chi connectivity index (χ4n) is 2.13. The molecule has 0 saturated carbocycles. The second kappa shape index (κ2) is 4.15. The number of aromatic nitrogens is 3. The largest absolute Gasteiger partial charge is 0.390 e. The molecule has 0 bridgehead atoms. The zero-order valence-corrected chi connectivity index (χ0v) is 10.6. The third-order valence-corrected chi connectivity index (χ3v) is 3.54. The van der Waals surface area contributed by atoms with E-state index in [9.17, 15) is 5.11 Å². The highest BCUT2D eigenvalue weighted by Crippen LogP contribution is 2.30. The van der Waals surface area contributed by atoms with E-state index in [0.717, 1.165) is 22.3 Å². The van der Waals surface area contributed by atoms with E-state index in [0.29, 0.717) is 10.8 Å². The smallest absolute Gasteiger partial charge is 0.143 e. The normalized spacial score (nSPS) is 11.3. The summed E-state index contributed by atoms with van der Waals surface area (Å²) in [7, 11) is 1.84. The molecule has 2 N–H and O–H groups in total. The Morgan fingerprint density at radius 3 is 2.89 bits per heavy atom. The van der Waals surface area contributed by atoms with Crippen LogP contribution in [0, 0.1) is 0 Å². The van der Waals surface area contributed by atoms with E-state index >= 15 is 0 Å². The Bertz CT molecular complexity index is 714. The third kappa shape index (κ3) is 1.54. The van der Waals surface area contributed by atoms with Gasteiger partial charge in [-0.1, -0.05) is 29.8 Å². The number of aliphatic hydroxyl groups excluding tert-OH is 1. The Morgan fingerprint density at radius 1 is 1.39 bits per heavy atom. The molecule has 0 aliphatic rings. The lowest BCUT2D eigenvalue weighted by molar-refractivity contribution is 0.277. The van der Waals surface area contributed by atoms with E-state index in [1.54, 1.807) is 4.57 Å². The molecule has 5 heteroatoms. The average molecular weight is 262 g/mol. The lowest BCUT2D eigenvalue weighted by Crippen LogP contribution is -1.91. The molecule has 3 aromatic rings. The summed E-state index contributed by atoms with van der Waals surface area (Å²) in [4.78, 5) is 7.58. The van der Waals surface area contributed by atoms with Crippen LogP contribution < -0.4 is 0 Å². The van der Waals surface area contributed by atoms with Gasteiger partial charge in [0.05, 0.1) is 6.61 Å². The minimum absolute atomic E-state index is 0.158. The molecule has 0 aliphatic heterocycles. The summed E-state index contributed by atoms with van der Waals surface area (Å²) in [5, 5.41) is 10.8. The van der Waals surface area contributed by atoms with Crippen molar-refractivity contribution >= 4 is 22.5 Å². The van der Waals surface area contributed by atoms with E-state index < -0.39 is 0 Å². The van der Waals surface area contributed by atoms with Crippen molar-refractivity contribution in [2.75, 3.05) is 0 Å². The van der Waals surface area contributed by atoms with Crippen molar-refractivity contribution in [2.45, 2.75) is 6.61 Å². The van der Waals surface area contributed by atoms with Crippen LogP contribution in [0.4, 0.5) is 0 Å². The van der Waals surface area contributed by atoms with Gasteiger partial charge < -0.3 is 14.7 Å². The summed E-state index contributed by atoms with van der Waals surface area (Å²) >= 11 is 6.11. The van der Waals surface area contributed by atoms with Crippen molar-refractivity contribution in [1.29, 1.82) is 0 Å². The Kier molecular flexibility index (Phi) is 2.61. The number of imidazole rings is 1. The number of aliphatic hydroxyl groups is 1. The number of fused-ring (bicyclic) bond motifs is 1. The van der Waals surface area contributed by atoms with Gasteiger partial charge in [0.25, 0.3) is 0 Å². The van der Waals surface area contributed by atoms with Crippen molar-refractivity contribution in [1.82, 2.24) is 14.5 Å². The first-order valence-corrected chi connectivity index (χ1v) is 5.98. The van der Waals surface area contributed by atoms with Crippen LogP contribution in [0.15, 0.2) is 30.5 Å². The number of halogens is 1. The first-order valence-electron chi connectivity index (χ1n) is 5.61. The number of aromatic amines is 1. The van der Waals surface area contributed by atoms with Crippen molar-refractivity contribution in [3.05, 3.63) is 41.3 Å². The van der Waals surface area contributed by atoms with Crippen molar-refractivity contribution in [2.24, 2.45) is 7.05 Å². The van der Waals surface area contributed by atoms with Gasteiger partial charge in [-0.3, -0.25) is 0 Å². The van der Waals surface area contributed by atoms with Gasteiger partial charge in [0, 0.05) is 29.7 Å². The number of H-pyrrole nitrogens is 1. The average Bonchev–Trinajstić information content (AvgIpc) is 2.93. The van der Waals surface area contributed by atoms with E-state index in [2.05, 4.69) is 9.97 Å². The predicted octanol–water partition coefficient (Wildman–Crippen LogP) is 2.71. The molecule has 2 aromatic heterocycles. The fourth-order valence-corrected chi connectivity index (χ4v) is 2.32. The first kappa shape index (κ1) is 11.3. The van der Waals surface area contributed by atoms with Crippen LogP contribution >= 0.6 is 11.6 Å². The fraction of sp³-hybridized carbons (Fsp3) is 0.154. The van der Waals surface area contributed by atoms with E-state index in [4.69, 9.17) is 11.6 Å². The number of nitrogens with zero attached hydrogens (tertiary/aromatic N) is 2. The summed E-state index contributed by atoms with van der Waals surface area (Å²) < 4.78 is 1.78. The van der Waals surface area contributed by atoms with E-state index in [-0.39, 0.29) is 6.61 Å². The molecular formula is C13H12ClN3O. The molecule has 18 heavy (non-hydrogen) atoms. The van der Waals surface area contributed by atoms with Crippen LogP contribution in [0.25, 0.3) is 22.3 Å². The molecule has 0 fully saturated rings. The summed E-state index contributed by atoms with van der Waals surface area (Å²) in [5.74, 6) is 0.751. The number of hydrogen-bond donors (Lipinski definition) is 2. The summed E-state index contributed by atoms with van der Waals surface area (Å²) in [6.07, 6.45) is 1.91. The van der Waals surface area contributed by atoms with Crippen LogP contribution in [0.2, 0.25) is 5.15 Å². The molecule has 92 valence electrons. The molecule has 0 radical (unpaired) electrons. The predicted molar refractivity (Wildman–Crippen MR) is 71.4 cm³/mol. The van der Waals surface area contributed by atoms with Gasteiger partial charge in [-0.05, 0) is 6.07 Å². The Labute approximate surface area is 109 Å². The van der Waals surface area contributed by atoms with Crippen molar-refractivity contribution in [3.63, 3.8) is 0 Å². The van der Waals surface area contributed by atoms with Crippen LogP contribution in [0.1, 0.15) is 5.69 Å². The van der Waals surface area contributed by atoms with E-state index in [1.165, 1.54) is 0 Å². The van der Waals surface area contributed by atoms with Crippen molar-refractivity contribution in [3.8, 4) is 11.4 Å². The van der Waals surface area contributed by atoms with E-state index in [1.807, 2.05) is 37.5 Å². The summed E-state index contributed by atoms with van der Waals surface area (Å²) in [6.45, 7) is -0.158. The van der Waals surface area contributed by atoms with Gasteiger partial charge >= 0.3 is 0 Å². The Balaban J connectivity index is 2.26. The number of nitrogens with one attached hydrogen (secondary N) is 1. The number of rotatable bonds is 2. The molecule has 0 unspecified atom stereocenters. The maximum Gasteiger partial charge on any atom is 0.143 e. The second-order valence-electron chi connectivity index (χ2n) is 4.14. The molecule has 1 aromatic carbocycles. The zero-order valence-electron chi connectivity index (χ0n) is 9.81. The van der Waals surface area contributed by atoms with Crippen molar-refractivity contribution < 1.29 is 5.11 Å². The number of benzene rings is 1. The van der Waals surface area contributed by atoms with Crippen LogP contribution in [-0.4, -0.2) is 19.6 Å². The Morgan fingerprint density at radius 2 is 2.17 bits per heavy atom. The Hall–Kier alpha value is -1.78. The molecule has 0 spiro atoms. The third-order valence-electron chi connectivity index (χ3n) is 3.07. The molecule has 4 nitrogen and oxygen atoms in total. The van der Waals surface area contributed by atoms with Gasteiger partial charge in [-0.25, -0.2) is 4.98 Å². The monoisotopic (exact) mass is 261 g/mol. The topological polar surface area (TPSA) is 53.8 Å². The van der Waals surface area contributed by atoms with Gasteiger partial charge in [0.1, 0.15) is 16.7 Å². The number of para-hydroxylation sites is 1. The minimum Gasteiger partial charge on any atom is -0.390 e. The highest BCUT2D eigenvalue weighted by atomic mass is 35.5. The quantitative estimate of drug-likeness (QED) is 0.745. The molecule has 0 atom stereocenters. The highest BCUT2D eigenvalue weighted by molar-refractivity contribution is 6.30. The molecular weight excluding hydrogens is 250 g/mol. The highest BCUT2D eigenvalue weighted by Gasteiger charge is 2.16. The minimum atomic E-state index is -0.158. The number of hydrogen-bond acceptors (Lipinski definition) is 2. The molecule has 0 aliphatic carbocycles. The van der Waals surface area contributed by atoms with Gasteiger partial charge in [-0.2, -0.15) is 0 Å². The standard InChI is InChI=1S/C13H12ClN3O/c1-17-12(14)11(7-18)16-13(17)9-6-15-10-5-3-2-4-8(9)10/h2-6,15,18H,7H2,1H3. The van der Waals surface area contributed by atoms with Gasteiger partial charge in [-0.15, -0.1) is 0 Å². The van der Waals surface area contributed by atoms with Gasteiger partial charge in [0.15, 0.2) is 0 Å². The van der Waals surface area contributed by atoms with Crippen LogP contribution in [0.5, 0.6) is 0 Å².